The predicted molar refractivity (Wildman–Crippen MR) is 214 cm³/mol. The minimum absolute atomic E-state index is 0.0205. The van der Waals surface area contributed by atoms with Crippen molar-refractivity contribution in [1.82, 2.24) is 0 Å². The molecule has 0 bridgehead atoms. The van der Waals surface area contributed by atoms with Gasteiger partial charge in [0.2, 0.25) is 0 Å². The van der Waals surface area contributed by atoms with Crippen molar-refractivity contribution in [2.24, 2.45) is 0 Å². The van der Waals surface area contributed by atoms with Gasteiger partial charge in [0.25, 0.3) is 0 Å². The van der Waals surface area contributed by atoms with Crippen molar-refractivity contribution < 1.29 is 85.7 Å². The zero-order valence-corrected chi connectivity index (χ0v) is 35.8. The van der Waals surface area contributed by atoms with E-state index in [-0.39, 0.29) is 19.2 Å². The molecule has 0 aliphatic rings. The number of carbonyl (C=O) groups is 1. The second-order valence-corrected chi connectivity index (χ2v) is 12.3. The summed E-state index contributed by atoms with van der Waals surface area (Å²) in [5.41, 5.74) is 0. The lowest BCUT2D eigenvalue weighted by Crippen LogP contribution is -2.16. The second kappa shape index (κ2) is 53.8. The number of rotatable bonds is 53. The van der Waals surface area contributed by atoms with Crippen LogP contribution in [0.3, 0.4) is 0 Å². The first kappa shape index (κ1) is 56.8. The summed E-state index contributed by atoms with van der Waals surface area (Å²) in [5, 5.41) is 8.59. The molecule has 0 aromatic rings. The molecule has 0 atom stereocenters. The van der Waals surface area contributed by atoms with Crippen LogP contribution in [0.4, 0.5) is 0 Å². The van der Waals surface area contributed by atoms with Gasteiger partial charge in [0.1, 0.15) is 6.61 Å². The smallest absolute Gasteiger partial charge is 0.305 e. The summed E-state index contributed by atoms with van der Waals surface area (Å²) in [5.74, 6) is -0.151. The van der Waals surface area contributed by atoms with E-state index in [1.165, 1.54) is 19.3 Å². The lowest BCUT2D eigenvalue weighted by atomic mass is 10.1. The van der Waals surface area contributed by atoms with Crippen LogP contribution in [-0.2, 0) is 80.6 Å². The van der Waals surface area contributed by atoms with Crippen LogP contribution in [0.2, 0.25) is 0 Å². The Balaban J connectivity index is 3.08. The molecule has 0 fully saturated rings. The van der Waals surface area contributed by atoms with Crippen LogP contribution in [0.5, 0.6) is 0 Å². The average molecular weight is 849 g/mol. The molecule has 18 heteroatoms. The van der Waals surface area contributed by atoms with Crippen molar-refractivity contribution in [1.29, 1.82) is 0 Å². The van der Waals surface area contributed by atoms with Gasteiger partial charge in [-0.05, 0) is 6.42 Å². The topological polar surface area (TPSA) is 185 Å². The van der Waals surface area contributed by atoms with Crippen LogP contribution >= 0.6 is 0 Å². The van der Waals surface area contributed by atoms with Gasteiger partial charge in [0.05, 0.1) is 205 Å². The van der Waals surface area contributed by atoms with Crippen LogP contribution in [0.15, 0.2) is 0 Å². The van der Waals surface area contributed by atoms with Gasteiger partial charge in [-0.25, -0.2) is 0 Å². The normalized spacial score (nSPS) is 11.6. The number of aliphatic hydroxyl groups excluding tert-OH is 1. The molecule has 58 heavy (non-hydrogen) atoms. The Kier molecular flexibility index (Phi) is 52.8. The van der Waals surface area contributed by atoms with Crippen LogP contribution < -0.4 is 0 Å². The number of hydrogen-bond acceptors (Lipinski definition) is 18. The standard InChI is InChI=1S/C40H80O18/c1-2-3-4-5-6-7-40(42)58-39-38-57-37-36-56-35-34-55-33-32-54-31-30-53-29-28-52-27-26-51-25-24-50-23-22-49-21-20-48-19-18-47-17-16-46-15-14-45-13-12-44-11-10-43-9-8-41/h41H,2-39H2,1H3. The molecule has 18 nitrogen and oxygen atoms in total. The molecule has 0 radical (unpaired) electrons. The summed E-state index contributed by atoms with van der Waals surface area (Å²) in [6, 6.07) is 0. The molecule has 0 saturated carbocycles. The Bertz CT molecular complexity index is 757. The summed E-state index contributed by atoms with van der Waals surface area (Å²) < 4.78 is 86.7. The quantitative estimate of drug-likeness (QED) is 0.0693. The Morgan fingerprint density at radius 2 is 0.500 bits per heavy atom. The molecule has 0 saturated heterocycles. The monoisotopic (exact) mass is 849 g/mol. The summed E-state index contributed by atoms with van der Waals surface area (Å²) in [6.07, 6.45) is 6.05. The predicted octanol–water partition coefficient (Wildman–Crippen LogP) is 2.13. The van der Waals surface area contributed by atoms with Crippen LogP contribution in [-0.4, -0.2) is 222 Å². The Hall–Kier alpha value is -1.17. The summed E-state index contributed by atoms with van der Waals surface area (Å²) >= 11 is 0. The van der Waals surface area contributed by atoms with E-state index in [9.17, 15) is 4.79 Å². The van der Waals surface area contributed by atoms with E-state index >= 15 is 0 Å². The zero-order valence-electron chi connectivity index (χ0n) is 35.8. The highest BCUT2D eigenvalue weighted by Crippen LogP contribution is 2.05. The minimum atomic E-state index is -0.151. The number of ether oxygens (including phenoxy) is 16. The van der Waals surface area contributed by atoms with E-state index < -0.39 is 0 Å². The van der Waals surface area contributed by atoms with Crippen molar-refractivity contribution >= 4 is 5.97 Å². The fraction of sp³-hybridized carbons (Fsp3) is 0.975. The number of hydrogen-bond donors (Lipinski definition) is 1. The van der Waals surface area contributed by atoms with E-state index in [0.717, 1.165) is 12.8 Å². The first-order valence-electron chi connectivity index (χ1n) is 21.2. The van der Waals surface area contributed by atoms with Gasteiger partial charge in [-0.3, -0.25) is 4.79 Å². The summed E-state index contributed by atoms with van der Waals surface area (Å²) in [4.78, 5) is 11.6. The third-order valence-corrected chi connectivity index (χ3v) is 7.42. The van der Waals surface area contributed by atoms with Crippen molar-refractivity contribution in [3.05, 3.63) is 0 Å². The number of carbonyl (C=O) groups excluding carboxylic acids is 1. The summed E-state index contributed by atoms with van der Waals surface area (Å²) in [6.45, 7) is 16.8. The molecule has 0 heterocycles. The molecular weight excluding hydrogens is 768 g/mol. The average Bonchev–Trinajstić information content (AvgIpc) is 3.23. The van der Waals surface area contributed by atoms with Crippen LogP contribution in [0.25, 0.3) is 0 Å². The molecule has 1 N–H and O–H groups in total. The Labute approximate surface area is 348 Å². The highest BCUT2D eigenvalue weighted by molar-refractivity contribution is 5.69. The molecule has 0 unspecified atom stereocenters. The van der Waals surface area contributed by atoms with E-state index in [1.54, 1.807) is 0 Å². The summed E-state index contributed by atoms with van der Waals surface area (Å²) in [7, 11) is 0. The largest absolute Gasteiger partial charge is 0.463 e. The van der Waals surface area contributed by atoms with Crippen molar-refractivity contribution in [3.8, 4) is 0 Å². The van der Waals surface area contributed by atoms with Gasteiger partial charge < -0.3 is 80.9 Å². The molecule has 0 aliphatic carbocycles. The molecule has 0 aromatic carbocycles. The maximum Gasteiger partial charge on any atom is 0.305 e. The van der Waals surface area contributed by atoms with Crippen LogP contribution in [0, 0.1) is 0 Å². The van der Waals surface area contributed by atoms with Gasteiger partial charge in [-0.1, -0.05) is 32.6 Å². The van der Waals surface area contributed by atoms with Gasteiger partial charge in [-0.2, -0.15) is 0 Å². The maximum absolute atomic E-state index is 11.6. The molecule has 0 amide bonds. The maximum atomic E-state index is 11.6. The number of esters is 1. The Morgan fingerprint density at radius 1 is 0.293 bits per heavy atom. The first-order chi connectivity index (χ1) is 28.8. The molecule has 0 aromatic heterocycles. The zero-order chi connectivity index (χ0) is 41.8. The van der Waals surface area contributed by atoms with Crippen LogP contribution in [0.1, 0.15) is 45.4 Å². The minimum Gasteiger partial charge on any atom is -0.463 e. The number of aliphatic hydroxyl groups is 1. The van der Waals surface area contributed by atoms with Gasteiger partial charge >= 0.3 is 5.97 Å². The molecule has 0 rings (SSSR count). The molecule has 348 valence electrons. The fourth-order valence-electron chi connectivity index (χ4n) is 4.40. The van der Waals surface area contributed by atoms with Crippen molar-refractivity contribution in [3.63, 3.8) is 0 Å². The fourth-order valence-corrected chi connectivity index (χ4v) is 4.40. The third-order valence-electron chi connectivity index (χ3n) is 7.42. The van der Waals surface area contributed by atoms with Crippen molar-refractivity contribution in [2.75, 3.05) is 211 Å². The van der Waals surface area contributed by atoms with Gasteiger partial charge in [-0.15, -0.1) is 0 Å². The lowest BCUT2D eigenvalue weighted by Gasteiger charge is -2.09. The van der Waals surface area contributed by atoms with Gasteiger partial charge in [0.15, 0.2) is 0 Å². The van der Waals surface area contributed by atoms with E-state index in [4.69, 9.17) is 80.9 Å². The molecule has 0 aliphatic heterocycles. The highest BCUT2D eigenvalue weighted by atomic mass is 16.6. The van der Waals surface area contributed by atoms with E-state index in [2.05, 4.69) is 6.92 Å². The lowest BCUT2D eigenvalue weighted by molar-refractivity contribution is -0.145. The first-order valence-corrected chi connectivity index (χ1v) is 21.2. The second-order valence-electron chi connectivity index (χ2n) is 12.3. The third kappa shape index (κ3) is 52.8. The number of unbranched alkanes of at least 4 members (excludes halogenated alkanes) is 4. The van der Waals surface area contributed by atoms with Gasteiger partial charge in [0, 0.05) is 6.42 Å². The van der Waals surface area contributed by atoms with E-state index in [0.29, 0.717) is 205 Å². The van der Waals surface area contributed by atoms with Crippen molar-refractivity contribution in [2.45, 2.75) is 45.4 Å². The highest BCUT2D eigenvalue weighted by Gasteiger charge is 2.03. The SMILES string of the molecule is CCCCCCCC(=O)OCCOCCOCCOCCOCCOCCOCCOCCOCCOCCOCCOCCOCCOCCOCCOCCO. The Morgan fingerprint density at radius 3 is 0.724 bits per heavy atom. The van der Waals surface area contributed by atoms with E-state index in [1.807, 2.05) is 0 Å². The molecule has 0 spiro atoms. The molecular formula is C40H80O18.